The van der Waals surface area contributed by atoms with Gasteiger partial charge in [-0.2, -0.15) is 10.1 Å². The van der Waals surface area contributed by atoms with E-state index in [-0.39, 0.29) is 12.4 Å². The molecular formula is C16H17Cl2N5O. The van der Waals surface area contributed by atoms with Crippen LogP contribution in [0.1, 0.15) is 18.7 Å². The molecule has 8 heteroatoms. The van der Waals surface area contributed by atoms with Gasteiger partial charge in [-0.15, -0.1) is 12.4 Å². The van der Waals surface area contributed by atoms with E-state index in [4.69, 9.17) is 16.1 Å². The van der Waals surface area contributed by atoms with Gasteiger partial charge in [0.1, 0.15) is 5.54 Å². The molecule has 3 aromatic rings. The zero-order valence-electron chi connectivity index (χ0n) is 12.9. The average Bonchev–Trinajstić information content (AvgIpc) is 3.28. The summed E-state index contributed by atoms with van der Waals surface area (Å²) >= 11 is 6.05. The predicted molar refractivity (Wildman–Crippen MR) is 93.4 cm³/mol. The van der Waals surface area contributed by atoms with Crippen molar-refractivity contribution < 1.29 is 4.52 Å². The second kappa shape index (κ2) is 6.93. The van der Waals surface area contributed by atoms with Gasteiger partial charge in [-0.25, -0.2) is 0 Å². The Labute approximate surface area is 150 Å². The normalized spacial score (nSPS) is 16.5. The lowest BCUT2D eigenvalue weighted by molar-refractivity contribution is 0.172. The van der Waals surface area contributed by atoms with Gasteiger partial charge in [0.05, 0.1) is 0 Å². The molecule has 24 heavy (non-hydrogen) atoms. The van der Waals surface area contributed by atoms with E-state index in [9.17, 15) is 0 Å². The van der Waals surface area contributed by atoms with Gasteiger partial charge in [-0.3, -0.25) is 4.68 Å². The molecule has 1 aromatic carbocycles. The zero-order valence-corrected chi connectivity index (χ0v) is 14.4. The summed E-state index contributed by atoms with van der Waals surface area (Å²) in [5.74, 6) is 1.14. The summed E-state index contributed by atoms with van der Waals surface area (Å²) in [6.07, 6.45) is 5.43. The summed E-state index contributed by atoms with van der Waals surface area (Å²) in [4.78, 5) is 4.65. The maximum Gasteiger partial charge on any atom is 0.255 e. The summed E-state index contributed by atoms with van der Waals surface area (Å²) in [5.41, 5.74) is 0.454. The Bertz CT molecular complexity index is 796. The molecule has 0 amide bonds. The van der Waals surface area contributed by atoms with Crippen LogP contribution in [0.25, 0.3) is 11.4 Å². The van der Waals surface area contributed by atoms with Crippen LogP contribution >= 0.6 is 24.0 Å². The van der Waals surface area contributed by atoms with Gasteiger partial charge in [0.2, 0.25) is 5.82 Å². The number of nitrogens with one attached hydrogen (secondary N) is 1. The Morgan fingerprint density at radius 1 is 1.21 bits per heavy atom. The number of benzene rings is 1. The largest absolute Gasteiger partial charge is 0.336 e. The fourth-order valence-electron chi connectivity index (χ4n) is 3.06. The first-order valence-corrected chi connectivity index (χ1v) is 7.97. The minimum Gasteiger partial charge on any atom is -0.336 e. The number of piperidine rings is 1. The lowest BCUT2D eigenvalue weighted by Crippen LogP contribution is -2.45. The van der Waals surface area contributed by atoms with Gasteiger partial charge >= 0.3 is 0 Å². The maximum absolute atomic E-state index is 6.05. The van der Waals surface area contributed by atoms with Crippen molar-refractivity contribution in [2.45, 2.75) is 18.4 Å². The van der Waals surface area contributed by atoms with Crippen molar-refractivity contribution in [3.05, 3.63) is 53.6 Å². The van der Waals surface area contributed by atoms with Crippen molar-refractivity contribution in [1.29, 1.82) is 0 Å². The Balaban J connectivity index is 0.00000169. The van der Waals surface area contributed by atoms with E-state index in [0.717, 1.165) is 31.5 Å². The summed E-state index contributed by atoms with van der Waals surface area (Å²) in [6.45, 7) is 1.77. The highest BCUT2D eigenvalue weighted by Gasteiger charge is 2.41. The summed E-state index contributed by atoms with van der Waals surface area (Å²) in [5, 5.41) is 12.6. The number of hydrogen-bond donors (Lipinski definition) is 1. The van der Waals surface area contributed by atoms with Crippen LogP contribution in [0.2, 0.25) is 5.02 Å². The molecule has 1 aliphatic heterocycles. The molecule has 0 bridgehead atoms. The van der Waals surface area contributed by atoms with Gasteiger partial charge in [0.15, 0.2) is 0 Å². The van der Waals surface area contributed by atoms with Crippen LogP contribution in [0.5, 0.6) is 0 Å². The molecule has 4 rings (SSSR count). The quantitative estimate of drug-likeness (QED) is 0.771. The van der Waals surface area contributed by atoms with Crippen molar-refractivity contribution >= 4 is 24.0 Å². The number of aromatic nitrogens is 4. The van der Waals surface area contributed by atoms with Crippen LogP contribution in [0.15, 0.2) is 47.2 Å². The van der Waals surface area contributed by atoms with E-state index in [2.05, 4.69) is 20.6 Å². The van der Waals surface area contributed by atoms with E-state index in [1.165, 1.54) is 0 Å². The van der Waals surface area contributed by atoms with Crippen LogP contribution in [0, 0.1) is 0 Å². The molecule has 0 atom stereocenters. The Hall–Kier alpha value is -1.89. The van der Waals surface area contributed by atoms with Crippen molar-refractivity contribution in [3.8, 4) is 11.4 Å². The molecule has 0 aliphatic carbocycles. The smallest absolute Gasteiger partial charge is 0.255 e. The Kier molecular flexibility index (Phi) is 4.89. The van der Waals surface area contributed by atoms with Crippen molar-refractivity contribution in [1.82, 2.24) is 25.2 Å². The Morgan fingerprint density at radius 2 is 2.04 bits per heavy atom. The lowest BCUT2D eigenvalue weighted by atomic mass is 9.88. The minimum absolute atomic E-state index is 0. The second-order valence-corrected chi connectivity index (χ2v) is 6.10. The highest BCUT2D eigenvalue weighted by atomic mass is 35.5. The van der Waals surface area contributed by atoms with Crippen LogP contribution in [-0.4, -0.2) is 33.0 Å². The molecule has 1 fully saturated rings. The third-order valence-electron chi connectivity index (χ3n) is 4.28. The number of hydrogen-bond acceptors (Lipinski definition) is 5. The van der Waals surface area contributed by atoms with E-state index in [0.29, 0.717) is 16.7 Å². The molecule has 6 nitrogen and oxygen atoms in total. The molecule has 1 aliphatic rings. The summed E-state index contributed by atoms with van der Waals surface area (Å²) in [7, 11) is 0. The van der Waals surface area contributed by atoms with Crippen LogP contribution < -0.4 is 5.32 Å². The van der Waals surface area contributed by atoms with E-state index >= 15 is 0 Å². The van der Waals surface area contributed by atoms with Gasteiger partial charge in [-0.1, -0.05) is 28.9 Å². The molecule has 0 radical (unpaired) electrons. The number of halogens is 2. The van der Waals surface area contributed by atoms with E-state index < -0.39 is 5.54 Å². The van der Waals surface area contributed by atoms with Gasteiger partial charge in [0, 0.05) is 23.0 Å². The van der Waals surface area contributed by atoms with Crippen LogP contribution in [0.3, 0.4) is 0 Å². The first-order valence-electron chi connectivity index (χ1n) is 7.59. The van der Waals surface area contributed by atoms with E-state index in [1.807, 2.05) is 41.2 Å². The molecule has 1 N–H and O–H groups in total. The molecule has 2 aromatic heterocycles. The topological polar surface area (TPSA) is 68.8 Å². The third kappa shape index (κ3) is 2.92. The second-order valence-electron chi connectivity index (χ2n) is 5.67. The number of nitrogens with zero attached hydrogens (tertiary/aromatic N) is 4. The summed E-state index contributed by atoms with van der Waals surface area (Å²) < 4.78 is 7.57. The molecular weight excluding hydrogens is 349 g/mol. The fraction of sp³-hybridized carbons (Fsp3) is 0.312. The molecule has 0 saturated carbocycles. The highest BCUT2D eigenvalue weighted by Crippen LogP contribution is 2.34. The highest BCUT2D eigenvalue weighted by molar-refractivity contribution is 6.30. The standard InChI is InChI=1S/C16H16ClN5O.ClH/c17-13-4-1-3-12(11-13)14-20-15(23-21-14)16(5-8-18-9-6-16)22-10-2-7-19-22;/h1-4,7,10-11,18H,5-6,8-9H2;1H. The molecule has 0 unspecified atom stereocenters. The summed E-state index contributed by atoms with van der Waals surface area (Å²) in [6, 6.07) is 9.37. The Morgan fingerprint density at radius 3 is 2.75 bits per heavy atom. The molecule has 3 heterocycles. The lowest BCUT2D eigenvalue weighted by Gasteiger charge is -2.34. The monoisotopic (exact) mass is 365 g/mol. The average molecular weight is 366 g/mol. The van der Waals surface area contributed by atoms with Gasteiger partial charge < -0.3 is 9.84 Å². The predicted octanol–water partition coefficient (Wildman–Crippen LogP) is 3.14. The zero-order chi connectivity index (χ0) is 15.7. The fourth-order valence-corrected chi connectivity index (χ4v) is 3.25. The van der Waals surface area contributed by atoms with Crippen molar-refractivity contribution in [3.63, 3.8) is 0 Å². The van der Waals surface area contributed by atoms with Crippen molar-refractivity contribution in [2.24, 2.45) is 0 Å². The number of rotatable bonds is 3. The molecule has 1 saturated heterocycles. The maximum atomic E-state index is 6.05. The first kappa shape index (κ1) is 17.0. The third-order valence-corrected chi connectivity index (χ3v) is 4.52. The first-order chi connectivity index (χ1) is 11.3. The van der Waals surface area contributed by atoms with Crippen molar-refractivity contribution in [2.75, 3.05) is 13.1 Å². The van der Waals surface area contributed by atoms with E-state index in [1.54, 1.807) is 6.20 Å². The molecule has 126 valence electrons. The van der Waals surface area contributed by atoms with Gasteiger partial charge in [0.25, 0.3) is 5.89 Å². The molecule has 0 spiro atoms. The minimum atomic E-state index is -0.390. The van der Waals surface area contributed by atoms with Crippen LogP contribution in [0.4, 0.5) is 0 Å². The van der Waals surface area contributed by atoms with Crippen LogP contribution in [-0.2, 0) is 5.54 Å². The SMILES string of the molecule is Cl.Clc1cccc(-c2noc(C3(n4cccn4)CCNCC3)n2)c1. The van der Waals surface area contributed by atoms with Gasteiger partial charge in [-0.05, 0) is 44.1 Å².